The SMILES string of the molecule is COc1ncc(-n2nc(-c3cnn(C[C@H]4CCN(C(=O)OC(C)(C)C)[C@@H](C)C4)c3)c3c2CCOCC3)cc1F. The largest absolute Gasteiger partial charge is 0.479 e. The molecular formula is C28H37FN6O4. The highest BCUT2D eigenvalue weighted by molar-refractivity contribution is 5.68. The normalized spacial score (nSPS) is 19.9. The monoisotopic (exact) mass is 540 g/mol. The van der Waals surface area contributed by atoms with Crippen LogP contribution in [0, 0.1) is 11.7 Å². The highest BCUT2D eigenvalue weighted by atomic mass is 19.1. The Bertz CT molecular complexity index is 1330. The van der Waals surface area contributed by atoms with Crippen molar-refractivity contribution < 1.29 is 23.4 Å². The zero-order chi connectivity index (χ0) is 27.7. The van der Waals surface area contributed by atoms with E-state index in [-0.39, 0.29) is 18.0 Å². The molecule has 1 amide bonds. The fourth-order valence-electron chi connectivity index (χ4n) is 5.45. The quantitative estimate of drug-likeness (QED) is 0.472. The third-order valence-electron chi connectivity index (χ3n) is 7.27. The van der Waals surface area contributed by atoms with Gasteiger partial charge >= 0.3 is 6.09 Å². The Hall–Kier alpha value is -3.47. The molecule has 3 aromatic heterocycles. The van der Waals surface area contributed by atoms with Crippen LogP contribution in [0.4, 0.5) is 9.18 Å². The number of fused-ring (bicyclic) bond motifs is 1. The number of hydrogen-bond acceptors (Lipinski definition) is 7. The van der Waals surface area contributed by atoms with E-state index in [1.165, 1.54) is 13.2 Å². The topological polar surface area (TPSA) is 96.5 Å². The van der Waals surface area contributed by atoms with Crippen LogP contribution in [0.1, 0.15) is 51.8 Å². The van der Waals surface area contributed by atoms with Gasteiger partial charge in [0.1, 0.15) is 5.60 Å². The summed E-state index contributed by atoms with van der Waals surface area (Å²) in [6, 6.07) is 1.49. The molecule has 11 heteroatoms. The molecule has 0 aliphatic carbocycles. The molecule has 0 radical (unpaired) electrons. The van der Waals surface area contributed by atoms with Crippen LogP contribution in [0.5, 0.6) is 5.88 Å². The van der Waals surface area contributed by atoms with Gasteiger partial charge in [-0.15, -0.1) is 0 Å². The molecule has 2 aliphatic heterocycles. The Kier molecular flexibility index (Phi) is 7.61. The van der Waals surface area contributed by atoms with Gasteiger partial charge < -0.3 is 19.1 Å². The Morgan fingerprint density at radius 3 is 2.74 bits per heavy atom. The molecule has 0 unspecified atom stereocenters. The molecule has 0 N–H and O–H groups in total. The highest BCUT2D eigenvalue weighted by Gasteiger charge is 2.32. The number of amides is 1. The Labute approximate surface area is 228 Å². The van der Waals surface area contributed by atoms with Crippen molar-refractivity contribution in [2.75, 3.05) is 26.9 Å². The second-order valence-corrected chi connectivity index (χ2v) is 11.3. The van der Waals surface area contributed by atoms with Gasteiger partial charge in [0.05, 0.1) is 49.8 Å². The highest BCUT2D eigenvalue weighted by Crippen LogP contribution is 2.31. The van der Waals surface area contributed by atoms with Gasteiger partial charge in [0, 0.05) is 48.9 Å². The number of methoxy groups -OCH3 is 1. The first-order valence-electron chi connectivity index (χ1n) is 13.5. The van der Waals surface area contributed by atoms with Crippen LogP contribution in [0.15, 0.2) is 24.7 Å². The van der Waals surface area contributed by atoms with E-state index in [1.807, 2.05) is 42.7 Å². The molecule has 1 saturated heterocycles. The first kappa shape index (κ1) is 27.1. The molecule has 2 aliphatic rings. The summed E-state index contributed by atoms with van der Waals surface area (Å²) in [4.78, 5) is 18.5. The van der Waals surface area contributed by atoms with E-state index in [1.54, 1.807) is 10.9 Å². The molecule has 3 aromatic rings. The molecule has 0 bridgehead atoms. The van der Waals surface area contributed by atoms with Crippen LogP contribution in [0.3, 0.4) is 0 Å². The first-order valence-corrected chi connectivity index (χ1v) is 13.5. The lowest BCUT2D eigenvalue weighted by Crippen LogP contribution is -2.47. The molecule has 5 rings (SSSR count). The van der Waals surface area contributed by atoms with Crippen LogP contribution < -0.4 is 4.74 Å². The number of piperidine rings is 1. The molecule has 210 valence electrons. The van der Waals surface area contributed by atoms with Gasteiger partial charge in [0.25, 0.3) is 0 Å². The Morgan fingerprint density at radius 2 is 2.03 bits per heavy atom. The van der Waals surface area contributed by atoms with Gasteiger partial charge in [0.15, 0.2) is 5.82 Å². The smallest absolute Gasteiger partial charge is 0.410 e. The number of aromatic nitrogens is 5. The second kappa shape index (κ2) is 11.0. The molecule has 0 spiro atoms. The maximum absolute atomic E-state index is 14.5. The van der Waals surface area contributed by atoms with Crippen molar-refractivity contribution in [2.24, 2.45) is 5.92 Å². The van der Waals surface area contributed by atoms with Crippen LogP contribution in [0.25, 0.3) is 16.9 Å². The maximum atomic E-state index is 14.5. The van der Waals surface area contributed by atoms with Crippen LogP contribution >= 0.6 is 0 Å². The van der Waals surface area contributed by atoms with Crippen LogP contribution in [-0.4, -0.2) is 74.0 Å². The van der Waals surface area contributed by atoms with E-state index >= 15 is 0 Å². The average Bonchev–Trinajstić information content (AvgIpc) is 3.39. The van der Waals surface area contributed by atoms with Crippen molar-refractivity contribution in [3.63, 3.8) is 0 Å². The van der Waals surface area contributed by atoms with Crippen molar-refractivity contribution in [2.45, 2.75) is 71.6 Å². The zero-order valence-electron chi connectivity index (χ0n) is 23.3. The number of nitrogens with zero attached hydrogens (tertiary/aromatic N) is 6. The molecule has 2 atom stereocenters. The van der Waals surface area contributed by atoms with Crippen molar-refractivity contribution >= 4 is 6.09 Å². The van der Waals surface area contributed by atoms with E-state index in [0.717, 1.165) is 41.9 Å². The number of pyridine rings is 1. The zero-order valence-corrected chi connectivity index (χ0v) is 23.3. The average molecular weight is 541 g/mol. The van der Waals surface area contributed by atoms with Crippen molar-refractivity contribution in [1.29, 1.82) is 0 Å². The molecule has 10 nitrogen and oxygen atoms in total. The number of hydrogen-bond donors (Lipinski definition) is 0. The summed E-state index contributed by atoms with van der Waals surface area (Å²) < 4.78 is 34.5. The molecular weight excluding hydrogens is 503 g/mol. The third kappa shape index (κ3) is 5.93. The summed E-state index contributed by atoms with van der Waals surface area (Å²) in [6.07, 6.45) is 8.32. The standard InChI is InChI=1S/C28H37FN6O4/c1-18-12-19(6-9-34(18)27(36)39-28(2,3)4)16-33-17-20(14-31-33)25-22-7-10-38-11-8-24(22)35(32-25)21-13-23(29)26(37-5)30-15-21/h13-15,17-19H,6-12,16H2,1-5H3/t18-,19-/m0/s1. The van der Waals surface area contributed by atoms with Crippen molar-refractivity contribution in [1.82, 2.24) is 29.4 Å². The summed E-state index contributed by atoms with van der Waals surface area (Å²) in [7, 11) is 1.39. The number of carbonyl (C=O) groups excluding carboxylic acids is 1. The number of halogens is 1. The summed E-state index contributed by atoms with van der Waals surface area (Å²) in [5.74, 6) is -0.193. The molecule has 39 heavy (non-hydrogen) atoms. The number of likely N-dealkylation sites (tertiary alicyclic amines) is 1. The van der Waals surface area contributed by atoms with Gasteiger partial charge in [-0.2, -0.15) is 10.2 Å². The lowest BCUT2D eigenvalue weighted by atomic mass is 9.92. The third-order valence-corrected chi connectivity index (χ3v) is 7.27. The van der Waals surface area contributed by atoms with E-state index in [9.17, 15) is 9.18 Å². The van der Waals surface area contributed by atoms with Gasteiger partial charge in [-0.25, -0.2) is 18.9 Å². The molecule has 1 fully saturated rings. The maximum Gasteiger partial charge on any atom is 0.410 e. The Balaban J connectivity index is 1.34. The number of carbonyl (C=O) groups is 1. The second-order valence-electron chi connectivity index (χ2n) is 11.3. The predicted octanol–water partition coefficient (Wildman–Crippen LogP) is 4.43. The minimum absolute atomic E-state index is 0.0481. The van der Waals surface area contributed by atoms with E-state index in [2.05, 4.69) is 17.0 Å². The van der Waals surface area contributed by atoms with Crippen LogP contribution in [-0.2, 0) is 28.9 Å². The fraction of sp³-hybridized carbons (Fsp3) is 0.571. The van der Waals surface area contributed by atoms with Crippen LogP contribution in [0.2, 0.25) is 0 Å². The lowest BCUT2D eigenvalue weighted by molar-refractivity contribution is 0.00612. The number of ether oxygens (including phenoxy) is 3. The summed E-state index contributed by atoms with van der Waals surface area (Å²) >= 11 is 0. The minimum atomic E-state index is -0.537. The lowest BCUT2D eigenvalue weighted by Gasteiger charge is -2.38. The Morgan fingerprint density at radius 1 is 1.23 bits per heavy atom. The minimum Gasteiger partial charge on any atom is -0.479 e. The summed E-state index contributed by atoms with van der Waals surface area (Å²) in [6.45, 7) is 10.3. The van der Waals surface area contributed by atoms with Gasteiger partial charge in [-0.05, 0) is 52.9 Å². The van der Waals surface area contributed by atoms with Gasteiger partial charge in [-0.1, -0.05) is 0 Å². The van der Waals surface area contributed by atoms with E-state index < -0.39 is 11.4 Å². The molecule has 5 heterocycles. The van der Waals surface area contributed by atoms with E-state index in [0.29, 0.717) is 44.2 Å². The van der Waals surface area contributed by atoms with Gasteiger partial charge in [0.2, 0.25) is 5.88 Å². The number of rotatable bonds is 5. The van der Waals surface area contributed by atoms with Crippen molar-refractivity contribution in [3.05, 3.63) is 41.7 Å². The molecule has 0 aromatic carbocycles. The van der Waals surface area contributed by atoms with E-state index in [4.69, 9.17) is 19.3 Å². The first-order chi connectivity index (χ1) is 18.6. The summed E-state index contributed by atoms with van der Waals surface area (Å²) in [5, 5.41) is 9.55. The fourth-order valence-corrected chi connectivity index (χ4v) is 5.45. The molecule has 0 saturated carbocycles. The predicted molar refractivity (Wildman–Crippen MR) is 142 cm³/mol. The van der Waals surface area contributed by atoms with Crippen molar-refractivity contribution in [3.8, 4) is 22.8 Å². The summed E-state index contributed by atoms with van der Waals surface area (Å²) in [5.41, 5.74) is 3.84. The van der Waals surface area contributed by atoms with Gasteiger partial charge in [-0.3, -0.25) is 4.68 Å².